The predicted molar refractivity (Wildman–Crippen MR) is 61.0 cm³/mol. The third-order valence-corrected chi connectivity index (χ3v) is 2.61. The monoisotopic (exact) mass is 217 g/mol. The van der Waals surface area contributed by atoms with Gasteiger partial charge in [-0.05, 0) is 13.8 Å². The summed E-state index contributed by atoms with van der Waals surface area (Å²) in [5.41, 5.74) is 0.500. The van der Waals surface area contributed by atoms with Crippen LogP contribution in [-0.2, 0) is 0 Å². The molecule has 5 nitrogen and oxygen atoms in total. The van der Waals surface area contributed by atoms with Crippen LogP contribution in [0.5, 0.6) is 0 Å². The average Bonchev–Trinajstić information content (AvgIpc) is 2.28. The minimum Gasteiger partial charge on any atom is -0.338 e. The molecule has 0 bridgehead atoms. The number of hydrogen-bond acceptors (Lipinski definition) is 5. The van der Waals surface area contributed by atoms with Gasteiger partial charge < -0.3 is 10.2 Å². The van der Waals surface area contributed by atoms with Crippen LogP contribution < -0.4 is 10.2 Å². The lowest BCUT2D eigenvalue weighted by Crippen LogP contribution is -2.54. The molecule has 2 atom stereocenters. The van der Waals surface area contributed by atoms with Gasteiger partial charge in [-0.25, -0.2) is 9.97 Å². The summed E-state index contributed by atoms with van der Waals surface area (Å²) >= 11 is 0. The van der Waals surface area contributed by atoms with Gasteiger partial charge in [0.25, 0.3) is 0 Å². The van der Waals surface area contributed by atoms with E-state index in [9.17, 15) is 0 Å². The minimum absolute atomic E-state index is 0.433. The second kappa shape index (κ2) is 4.45. The fourth-order valence-electron chi connectivity index (χ4n) is 2.03. The highest BCUT2D eigenvalue weighted by atomic mass is 15.3. The molecule has 0 saturated carbocycles. The zero-order valence-corrected chi connectivity index (χ0v) is 9.51. The molecule has 2 rings (SSSR count). The van der Waals surface area contributed by atoms with E-state index in [1.807, 2.05) is 6.07 Å². The molecule has 1 N–H and O–H groups in total. The molecule has 1 aromatic rings. The molecule has 16 heavy (non-hydrogen) atoms. The van der Waals surface area contributed by atoms with E-state index in [0.29, 0.717) is 23.6 Å². The molecule has 0 amide bonds. The number of nitriles is 1. The van der Waals surface area contributed by atoms with Crippen LogP contribution in [0.4, 0.5) is 5.95 Å². The van der Waals surface area contributed by atoms with Crippen LogP contribution in [0.3, 0.4) is 0 Å². The fourth-order valence-corrected chi connectivity index (χ4v) is 2.03. The third kappa shape index (κ3) is 2.28. The van der Waals surface area contributed by atoms with Crippen LogP contribution in [0.15, 0.2) is 12.4 Å². The zero-order valence-electron chi connectivity index (χ0n) is 9.51. The van der Waals surface area contributed by atoms with Crippen molar-refractivity contribution in [3.63, 3.8) is 0 Å². The first kappa shape index (κ1) is 10.8. The van der Waals surface area contributed by atoms with Gasteiger partial charge in [0, 0.05) is 25.2 Å². The van der Waals surface area contributed by atoms with Crippen molar-refractivity contribution in [3.8, 4) is 6.07 Å². The zero-order chi connectivity index (χ0) is 11.5. The average molecular weight is 217 g/mol. The van der Waals surface area contributed by atoms with Gasteiger partial charge in [0.15, 0.2) is 0 Å². The molecule has 1 aliphatic heterocycles. The highest BCUT2D eigenvalue weighted by molar-refractivity contribution is 5.34. The first-order valence-electron chi connectivity index (χ1n) is 5.42. The van der Waals surface area contributed by atoms with Gasteiger partial charge in [-0.3, -0.25) is 0 Å². The molecule has 1 fully saturated rings. The first-order valence-corrected chi connectivity index (χ1v) is 5.42. The van der Waals surface area contributed by atoms with Crippen molar-refractivity contribution in [2.24, 2.45) is 0 Å². The van der Waals surface area contributed by atoms with Gasteiger partial charge in [-0.1, -0.05) is 0 Å². The molecule has 0 radical (unpaired) electrons. The summed E-state index contributed by atoms with van der Waals surface area (Å²) in [5, 5.41) is 12.1. The number of rotatable bonds is 1. The first-order chi connectivity index (χ1) is 7.69. The molecule has 1 aliphatic rings. The van der Waals surface area contributed by atoms with E-state index in [1.165, 1.54) is 0 Å². The Labute approximate surface area is 95.1 Å². The summed E-state index contributed by atoms with van der Waals surface area (Å²) in [6.45, 7) is 6.09. The molecule has 1 aromatic heterocycles. The normalized spacial score (nSPS) is 25.2. The largest absolute Gasteiger partial charge is 0.338 e. The molecular weight excluding hydrogens is 202 g/mol. The van der Waals surface area contributed by atoms with Gasteiger partial charge in [0.2, 0.25) is 5.95 Å². The lowest BCUT2D eigenvalue weighted by molar-refractivity contribution is 0.403. The summed E-state index contributed by atoms with van der Waals surface area (Å²) in [6, 6.07) is 2.89. The Bertz CT molecular complexity index is 384. The lowest BCUT2D eigenvalue weighted by Gasteiger charge is -2.36. The van der Waals surface area contributed by atoms with Gasteiger partial charge in [-0.15, -0.1) is 0 Å². The quantitative estimate of drug-likeness (QED) is 0.743. The van der Waals surface area contributed by atoms with Crippen LogP contribution >= 0.6 is 0 Å². The summed E-state index contributed by atoms with van der Waals surface area (Å²) in [7, 11) is 0. The van der Waals surface area contributed by atoms with Gasteiger partial charge in [0.05, 0.1) is 18.0 Å². The molecule has 1 saturated heterocycles. The van der Waals surface area contributed by atoms with Crippen LogP contribution in [0.2, 0.25) is 0 Å². The smallest absolute Gasteiger partial charge is 0.225 e. The number of piperazine rings is 1. The summed E-state index contributed by atoms with van der Waals surface area (Å²) in [5.74, 6) is 0.708. The maximum Gasteiger partial charge on any atom is 0.225 e. The highest BCUT2D eigenvalue weighted by Crippen LogP contribution is 2.12. The summed E-state index contributed by atoms with van der Waals surface area (Å²) in [6.07, 6.45) is 3.14. The highest BCUT2D eigenvalue weighted by Gasteiger charge is 2.22. The molecule has 0 aliphatic carbocycles. The molecule has 2 heterocycles. The molecule has 0 unspecified atom stereocenters. The molecule has 84 valence electrons. The number of nitrogens with one attached hydrogen (secondary N) is 1. The molecule has 5 heteroatoms. The Balaban J connectivity index is 2.14. The summed E-state index contributed by atoms with van der Waals surface area (Å²) in [4.78, 5) is 10.6. The Morgan fingerprint density at radius 1 is 1.31 bits per heavy atom. The molecule has 0 aromatic carbocycles. The number of anilines is 1. The van der Waals surface area contributed by atoms with Crippen molar-refractivity contribution in [1.29, 1.82) is 5.26 Å². The van der Waals surface area contributed by atoms with Gasteiger partial charge >= 0.3 is 0 Å². The Morgan fingerprint density at radius 2 is 1.88 bits per heavy atom. The van der Waals surface area contributed by atoms with Crippen molar-refractivity contribution < 1.29 is 0 Å². The minimum atomic E-state index is 0.433. The standard InChI is InChI=1S/C11H15N5/c1-8-6-16(7-9(2)15-8)11-13-4-10(3-12)5-14-11/h4-5,8-9,15H,6-7H2,1-2H3/t8-,9+. The Kier molecular flexibility index (Phi) is 3.02. The van der Waals surface area contributed by atoms with E-state index in [2.05, 4.69) is 34.0 Å². The van der Waals surface area contributed by atoms with Crippen molar-refractivity contribution in [1.82, 2.24) is 15.3 Å². The fraction of sp³-hybridized carbons (Fsp3) is 0.545. The van der Waals surface area contributed by atoms with Crippen LogP contribution in [-0.4, -0.2) is 35.1 Å². The maximum atomic E-state index is 8.67. The van der Waals surface area contributed by atoms with E-state index in [1.54, 1.807) is 12.4 Å². The maximum absolute atomic E-state index is 8.67. The van der Waals surface area contributed by atoms with E-state index in [0.717, 1.165) is 13.1 Å². The Morgan fingerprint density at radius 3 is 2.38 bits per heavy atom. The van der Waals surface area contributed by atoms with Crippen molar-refractivity contribution in [2.45, 2.75) is 25.9 Å². The van der Waals surface area contributed by atoms with E-state index in [-0.39, 0.29) is 0 Å². The van der Waals surface area contributed by atoms with Gasteiger partial charge in [-0.2, -0.15) is 5.26 Å². The number of nitrogens with zero attached hydrogens (tertiary/aromatic N) is 4. The van der Waals surface area contributed by atoms with Crippen molar-refractivity contribution >= 4 is 5.95 Å². The van der Waals surface area contributed by atoms with E-state index in [4.69, 9.17) is 5.26 Å². The van der Waals surface area contributed by atoms with Crippen LogP contribution in [0.25, 0.3) is 0 Å². The number of hydrogen-bond donors (Lipinski definition) is 1. The van der Waals surface area contributed by atoms with E-state index < -0.39 is 0 Å². The van der Waals surface area contributed by atoms with Crippen LogP contribution in [0, 0.1) is 11.3 Å². The van der Waals surface area contributed by atoms with Crippen LogP contribution in [0.1, 0.15) is 19.4 Å². The molecule has 0 spiro atoms. The van der Waals surface area contributed by atoms with Crippen molar-refractivity contribution in [3.05, 3.63) is 18.0 Å². The van der Waals surface area contributed by atoms with Gasteiger partial charge in [0.1, 0.15) is 6.07 Å². The SMILES string of the molecule is C[C@@H]1CN(c2ncc(C#N)cn2)C[C@H](C)N1. The Hall–Kier alpha value is -1.67. The second-order valence-corrected chi connectivity index (χ2v) is 4.26. The van der Waals surface area contributed by atoms with E-state index >= 15 is 0 Å². The third-order valence-electron chi connectivity index (χ3n) is 2.61. The second-order valence-electron chi connectivity index (χ2n) is 4.26. The number of aromatic nitrogens is 2. The predicted octanol–water partition coefficient (Wildman–Crippen LogP) is 0.535. The van der Waals surface area contributed by atoms with Crippen molar-refractivity contribution in [2.75, 3.05) is 18.0 Å². The lowest BCUT2D eigenvalue weighted by atomic mass is 10.1. The molecular formula is C11H15N5. The topological polar surface area (TPSA) is 64.8 Å². The summed E-state index contributed by atoms with van der Waals surface area (Å²) < 4.78 is 0.